The molecule has 1 rings (SSSR count). The van der Waals surface area contributed by atoms with Crippen LogP contribution in [0.3, 0.4) is 0 Å². The minimum Gasteiger partial charge on any atom is -0.311 e. The smallest absolute Gasteiger partial charge is 0.0276 e. The fourth-order valence-corrected chi connectivity index (χ4v) is 1.80. The van der Waals surface area contributed by atoms with Gasteiger partial charge in [0, 0.05) is 6.04 Å². The zero-order chi connectivity index (χ0) is 8.10. The van der Waals surface area contributed by atoms with Crippen LogP contribution >= 0.6 is 0 Å². The minimum atomic E-state index is 0.669. The Hall–Kier alpha value is -0.300. The molecule has 0 fully saturated rings. The Bertz CT molecular complexity index is 138. The van der Waals surface area contributed by atoms with Gasteiger partial charge in [-0.1, -0.05) is 25.5 Å². The van der Waals surface area contributed by atoms with Crippen LogP contribution in [0.5, 0.6) is 0 Å². The predicted octanol–water partition coefficient (Wildman–Crippen LogP) is 2.48. The van der Waals surface area contributed by atoms with E-state index in [2.05, 4.69) is 25.2 Å². The zero-order valence-corrected chi connectivity index (χ0v) is 7.69. The van der Waals surface area contributed by atoms with Crippen molar-refractivity contribution < 1.29 is 0 Å². The molecule has 0 heterocycles. The fraction of sp³-hybridized carbons (Fsp3) is 0.800. The highest BCUT2D eigenvalue weighted by Gasteiger charge is 2.13. The quantitative estimate of drug-likeness (QED) is 0.612. The monoisotopic (exact) mass is 153 g/mol. The summed E-state index contributed by atoms with van der Waals surface area (Å²) in [5.41, 5.74) is 1.65. The molecule has 1 unspecified atom stereocenters. The van der Waals surface area contributed by atoms with E-state index in [-0.39, 0.29) is 0 Å². The first-order valence-corrected chi connectivity index (χ1v) is 4.80. The molecule has 0 amide bonds. The van der Waals surface area contributed by atoms with Gasteiger partial charge in [0.2, 0.25) is 0 Å². The van der Waals surface area contributed by atoms with Gasteiger partial charge in [-0.25, -0.2) is 0 Å². The Morgan fingerprint density at radius 2 is 2.36 bits per heavy atom. The molecule has 1 aliphatic rings. The Labute approximate surface area is 69.9 Å². The van der Waals surface area contributed by atoms with Crippen molar-refractivity contribution in [2.75, 3.05) is 6.54 Å². The molecule has 1 nitrogen and oxygen atoms in total. The van der Waals surface area contributed by atoms with Crippen LogP contribution in [0.1, 0.15) is 39.5 Å². The summed E-state index contributed by atoms with van der Waals surface area (Å²) in [7, 11) is 0. The van der Waals surface area contributed by atoms with Crippen molar-refractivity contribution in [3.63, 3.8) is 0 Å². The molecular weight excluding hydrogens is 134 g/mol. The molecule has 64 valence electrons. The molecular formula is C10H19N. The van der Waals surface area contributed by atoms with Crippen LogP contribution in [0.4, 0.5) is 0 Å². The summed E-state index contributed by atoms with van der Waals surface area (Å²) in [6.45, 7) is 5.53. The van der Waals surface area contributed by atoms with E-state index in [1.807, 2.05) is 0 Å². The summed E-state index contributed by atoms with van der Waals surface area (Å²) >= 11 is 0. The van der Waals surface area contributed by atoms with Gasteiger partial charge in [0.25, 0.3) is 0 Å². The van der Waals surface area contributed by atoms with E-state index in [4.69, 9.17) is 0 Å². The largest absolute Gasteiger partial charge is 0.311 e. The molecule has 0 radical (unpaired) electrons. The SMILES string of the molecule is CCNC(CC)C1=CCCC1. The summed E-state index contributed by atoms with van der Waals surface area (Å²) in [6, 6.07) is 0.669. The third kappa shape index (κ3) is 2.33. The topological polar surface area (TPSA) is 12.0 Å². The van der Waals surface area contributed by atoms with Crippen LogP contribution in [0, 0.1) is 0 Å². The average Bonchev–Trinajstić information content (AvgIpc) is 2.52. The number of rotatable bonds is 4. The van der Waals surface area contributed by atoms with Gasteiger partial charge in [-0.3, -0.25) is 0 Å². The summed E-state index contributed by atoms with van der Waals surface area (Å²) in [5, 5.41) is 3.51. The molecule has 0 aliphatic heterocycles. The Balaban J connectivity index is 2.40. The molecule has 0 aromatic rings. The third-order valence-corrected chi connectivity index (χ3v) is 2.38. The van der Waals surface area contributed by atoms with Crippen molar-refractivity contribution in [2.45, 2.75) is 45.6 Å². The highest BCUT2D eigenvalue weighted by Crippen LogP contribution is 2.21. The first-order valence-electron chi connectivity index (χ1n) is 4.80. The maximum atomic E-state index is 3.51. The zero-order valence-electron chi connectivity index (χ0n) is 7.69. The second kappa shape index (κ2) is 4.55. The van der Waals surface area contributed by atoms with Crippen LogP contribution in [-0.2, 0) is 0 Å². The summed E-state index contributed by atoms with van der Waals surface area (Å²) in [4.78, 5) is 0. The Morgan fingerprint density at radius 3 is 2.82 bits per heavy atom. The molecule has 1 heteroatoms. The highest BCUT2D eigenvalue weighted by molar-refractivity contribution is 5.14. The van der Waals surface area contributed by atoms with Crippen LogP contribution in [0.15, 0.2) is 11.6 Å². The first-order chi connectivity index (χ1) is 5.38. The van der Waals surface area contributed by atoms with Gasteiger partial charge in [-0.2, -0.15) is 0 Å². The molecule has 0 saturated carbocycles. The molecule has 0 spiro atoms. The number of hydrogen-bond donors (Lipinski definition) is 1. The molecule has 0 saturated heterocycles. The van der Waals surface area contributed by atoms with E-state index < -0.39 is 0 Å². The molecule has 1 N–H and O–H groups in total. The van der Waals surface area contributed by atoms with Crippen LogP contribution in [-0.4, -0.2) is 12.6 Å². The molecule has 0 bridgehead atoms. The van der Waals surface area contributed by atoms with Crippen molar-refractivity contribution in [1.82, 2.24) is 5.32 Å². The van der Waals surface area contributed by atoms with Crippen LogP contribution < -0.4 is 5.32 Å². The number of hydrogen-bond acceptors (Lipinski definition) is 1. The van der Waals surface area contributed by atoms with Crippen LogP contribution in [0.25, 0.3) is 0 Å². The van der Waals surface area contributed by atoms with Gasteiger partial charge in [-0.15, -0.1) is 0 Å². The van der Waals surface area contributed by atoms with Gasteiger partial charge in [0.05, 0.1) is 0 Å². The number of nitrogens with one attached hydrogen (secondary N) is 1. The molecule has 0 aromatic heterocycles. The van der Waals surface area contributed by atoms with E-state index >= 15 is 0 Å². The van der Waals surface area contributed by atoms with Crippen molar-refractivity contribution in [1.29, 1.82) is 0 Å². The lowest BCUT2D eigenvalue weighted by Crippen LogP contribution is -2.29. The van der Waals surface area contributed by atoms with Crippen molar-refractivity contribution in [2.24, 2.45) is 0 Å². The van der Waals surface area contributed by atoms with E-state index in [0.29, 0.717) is 6.04 Å². The lowest BCUT2D eigenvalue weighted by Gasteiger charge is -2.16. The average molecular weight is 153 g/mol. The lowest BCUT2D eigenvalue weighted by molar-refractivity contribution is 0.562. The summed E-state index contributed by atoms with van der Waals surface area (Å²) < 4.78 is 0. The molecule has 1 aliphatic carbocycles. The van der Waals surface area contributed by atoms with Gasteiger partial charge in [0.1, 0.15) is 0 Å². The Morgan fingerprint density at radius 1 is 1.55 bits per heavy atom. The van der Waals surface area contributed by atoms with Gasteiger partial charge >= 0.3 is 0 Å². The van der Waals surface area contributed by atoms with Crippen molar-refractivity contribution in [3.05, 3.63) is 11.6 Å². The molecule has 11 heavy (non-hydrogen) atoms. The predicted molar refractivity (Wildman–Crippen MR) is 49.7 cm³/mol. The van der Waals surface area contributed by atoms with E-state index in [9.17, 15) is 0 Å². The number of allylic oxidation sites excluding steroid dienone is 1. The second-order valence-corrected chi connectivity index (χ2v) is 3.19. The normalized spacial score (nSPS) is 20.0. The fourth-order valence-electron chi connectivity index (χ4n) is 1.80. The van der Waals surface area contributed by atoms with Gasteiger partial charge < -0.3 is 5.32 Å². The van der Waals surface area contributed by atoms with Gasteiger partial charge in [-0.05, 0) is 32.2 Å². The maximum Gasteiger partial charge on any atom is 0.0276 e. The van der Waals surface area contributed by atoms with Gasteiger partial charge in [0.15, 0.2) is 0 Å². The van der Waals surface area contributed by atoms with Crippen molar-refractivity contribution in [3.8, 4) is 0 Å². The maximum absolute atomic E-state index is 3.51. The third-order valence-electron chi connectivity index (χ3n) is 2.38. The van der Waals surface area contributed by atoms with Crippen molar-refractivity contribution >= 4 is 0 Å². The van der Waals surface area contributed by atoms with E-state index in [1.165, 1.54) is 25.7 Å². The second-order valence-electron chi connectivity index (χ2n) is 3.19. The lowest BCUT2D eigenvalue weighted by atomic mass is 10.0. The minimum absolute atomic E-state index is 0.669. The van der Waals surface area contributed by atoms with E-state index in [1.54, 1.807) is 5.57 Å². The summed E-state index contributed by atoms with van der Waals surface area (Å²) in [5.74, 6) is 0. The van der Waals surface area contributed by atoms with Crippen LogP contribution in [0.2, 0.25) is 0 Å². The number of likely N-dealkylation sites (N-methyl/N-ethyl adjacent to an activating group) is 1. The first kappa shape index (κ1) is 8.79. The van der Waals surface area contributed by atoms with E-state index in [0.717, 1.165) is 6.54 Å². The highest BCUT2D eigenvalue weighted by atomic mass is 14.9. The molecule has 0 aromatic carbocycles. The molecule has 1 atom stereocenters. The Kier molecular flexibility index (Phi) is 3.64. The standard InChI is InChI=1S/C10H19N/c1-3-10(11-4-2)9-7-5-6-8-9/h7,10-11H,3-6,8H2,1-2H3. The summed E-state index contributed by atoms with van der Waals surface area (Å²) in [6.07, 6.45) is 7.65.